The molecule has 39 heavy (non-hydrogen) atoms. The van der Waals surface area contributed by atoms with Crippen LogP contribution in [0.4, 0.5) is 0 Å². The second-order valence-corrected chi connectivity index (χ2v) is 9.59. The van der Waals surface area contributed by atoms with Crippen molar-refractivity contribution in [2.75, 3.05) is 0 Å². The Bertz CT molecular complexity index is 1230. The number of fused-ring (bicyclic) bond motifs is 1. The third kappa shape index (κ3) is 9.41. The van der Waals surface area contributed by atoms with E-state index in [4.69, 9.17) is 16.6 Å². The Morgan fingerprint density at radius 1 is 0.872 bits per heavy atom. The fourth-order valence-electron chi connectivity index (χ4n) is 3.94. The van der Waals surface area contributed by atoms with E-state index in [2.05, 4.69) is 20.9 Å². The number of amides is 4. The minimum absolute atomic E-state index is 0.0325. The summed E-state index contributed by atoms with van der Waals surface area (Å²) in [4.78, 5) is 75.8. The molecule has 0 aliphatic carbocycles. The van der Waals surface area contributed by atoms with E-state index in [1.807, 2.05) is 18.2 Å². The van der Waals surface area contributed by atoms with Gasteiger partial charge in [0.05, 0.1) is 18.9 Å². The van der Waals surface area contributed by atoms with Crippen molar-refractivity contribution in [1.82, 2.24) is 20.9 Å². The first-order valence-electron chi connectivity index (χ1n) is 12.2. The second kappa shape index (κ2) is 13.9. The largest absolute Gasteiger partial charge is 0.481 e. The van der Waals surface area contributed by atoms with E-state index >= 15 is 0 Å². The monoisotopic (exact) mass is 546 g/mol. The molecule has 0 radical (unpaired) electrons. The predicted octanol–water partition coefficient (Wildman–Crippen LogP) is -1.03. The SMILES string of the molecule is CC(C)CC(NC(=O)C(CC(N)=O)NC(=O)C(N)CC(=O)O)C(=O)NC(Cc1c[nH]c2ccccc12)C(=O)O. The molecule has 0 bridgehead atoms. The Labute approximate surface area is 223 Å². The number of rotatable bonds is 15. The number of nitrogens with two attached hydrogens (primary N) is 2. The first-order chi connectivity index (χ1) is 18.3. The van der Waals surface area contributed by atoms with Crippen LogP contribution in [0, 0.1) is 5.92 Å². The number of carboxylic acid groups (broad SMARTS) is 2. The van der Waals surface area contributed by atoms with Gasteiger partial charge in [-0.3, -0.25) is 24.0 Å². The van der Waals surface area contributed by atoms with Crippen LogP contribution >= 0.6 is 0 Å². The molecule has 0 saturated heterocycles. The standard InChI is InChI=1S/C25H34N6O8/c1-12(2)7-17(30-24(37)18(10-20(27)32)29-22(35)15(26)9-21(33)34)23(36)31-19(25(38)39)8-13-11-28-16-6-4-3-5-14(13)16/h3-6,11-12,15,17-19,28H,7-10,26H2,1-2H3,(H2,27,32)(H,29,35)(H,30,37)(H,31,36)(H,33,34)(H,38,39). The lowest BCUT2D eigenvalue weighted by Gasteiger charge is -2.25. The molecule has 212 valence electrons. The maximum absolute atomic E-state index is 13.2. The number of aromatic amines is 1. The zero-order valence-corrected chi connectivity index (χ0v) is 21.6. The van der Waals surface area contributed by atoms with Crippen LogP contribution in [-0.4, -0.2) is 74.9 Å². The van der Waals surface area contributed by atoms with Crippen LogP contribution < -0.4 is 27.4 Å². The number of aromatic nitrogens is 1. The maximum Gasteiger partial charge on any atom is 0.326 e. The minimum atomic E-state index is -1.54. The van der Waals surface area contributed by atoms with Gasteiger partial charge in [-0.05, 0) is 24.0 Å². The number of carbonyl (C=O) groups is 6. The van der Waals surface area contributed by atoms with Crippen LogP contribution in [0.2, 0.25) is 0 Å². The first kappa shape index (κ1) is 30.8. The molecule has 4 atom stereocenters. The third-order valence-corrected chi connectivity index (χ3v) is 5.82. The normalized spacial score (nSPS) is 14.2. The van der Waals surface area contributed by atoms with E-state index in [1.54, 1.807) is 26.1 Å². The number of para-hydroxylation sites is 1. The molecule has 4 unspecified atom stereocenters. The second-order valence-electron chi connectivity index (χ2n) is 9.59. The predicted molar refractivity (Wildman–Crippen MR) is 139 cm³/mol. The fraction of sp³-hybridized carbons (Fsp3) is 0.440. The molecule has 1 aromatic carbocycles. The quantitative estimate of drug-likeness (QED) is 0.136. The molecular formula is C25H34N6O8. The summed E-state index contributed by atoms with van der Waals surface area (Å²) >= 11 is 0. The number of carbonyl (C=O) groups excluding carboxylic acids is 4. The van der Waals surface area contributed by atoms with E-state index < -0.39 is 72.6 Å². The van der Waals surface area contributed by atoms with Crippen molar-refractivity contribution in [2.45, 2.75) is 63.7 Å². The van der Waals surface area contributed by atoms with E-state index in [0.717, 1.165) is 10.9 Å². The van der Waals surface area contributed by atoms with Gasteiger partial charge in [-0.1, -0.05) is 32.0 Å². The summed E-state index contributed by atoms with van der Waals surface area (Å²) in [5.41, 5.74) is 12.2. The lowest BCUT2D eigenvalue weighted by atomic mass is 10.0. The highest BCUT2D eigenvalue weighted by molar-refractivity contribution is 5.96. The number of nitrogens with one attached hydrogen (secondary N) is 4. The number of hydrogen-bond donors (Lipinski definition) is 8. The summed E-state index contributed by atoms with van der Waals surface area (Å²) in [7, 11) is 0. The van der Waals surface area contributed by atoms with Crippen molar-refractivity contribution in [1.29, 1.82) is 0 Å². The summed E-state index contributed by atoms with van der Waals surface area (Å²) in [6, 6.07) is 1.70. The molecule has 2 aromatic rings. The molecule has 0 fully saturated rings. The Hall–Kier alpha value is -4.46. The molecule has 1 heterocycles. The van der Waals surface area contributed by atoms with Crippen molar-refractivity contribution in [2.24, 2.45) is 17.4 Å². The Kier molecular flexibility index (Phi) is 11.0. The number of aliphatic carboxylic acids is 2. The molecular weight excluding hydrogens is 512 g/mol. The highest BCUT2D eigenvalue weighted by Gasteiger charge is 2.32. The highest BCUT2D eigenvalue weighted by Crippen LogP contribution is 2.19. The topological polar surface area (TPSA) is 247 Å². The zero-order chi connectivity index (χ0) is 29.3. The van der Waals surface area contributed by atoms with Crippen molar-refractivity contribution < 1.29 is 39.0 Å². The molecule has 10 N–H and O–H groups in total. The number of H-pyrrole nitrogens is 1. The van der Waals surface area contributed by atoms with Crippen LogP contribution in [0.15, 0.2) is 30.5 Å². The van der Waals surface area contributed by atoms with Crippen molar-refractivity contribution in [3.8, 4) is 0 Å². The van der Waals surface area contributed by atoms with Gasteiger partial charge >= 0.3 is 11.9 Å². The van der Waals surface area contributed by atoms with Gasteiger partial charge in [0.2, 0.25) is 23.6 Å². The van der Waals surface area contributed by atoms with Crippen LogP contribution in [0.3, 0.4) is 0 Å². The number of primary amides is 1. The van der Waals surface area contributed by atoms with Crippen LogP contribution in [0.5, 0.6) is 0 Å². The first-order valence-corrected chi connectivity index (χ1v) is 12.2. The van der Waals surface area contributed by atoms with Crippen molar-refractivity contribution in [3.63, 3.8) is 0 Å². The molecule has 0 aliphatic heterocycles. The molecule has 2 rings (SSSR count). The van der Waals surface area contributed by atoms with Gasteiger partial charge in [0.1, 0.15) is 18.1 Å². The van der Waals surface area contributed by atoms with E-state index in [1.165, 1.54) is 0 Å². The smallest absolute Gasteiger partial charge is 0.326 e. The van der Waals surface area contributed by atoms with Crippen LogP contribution in [0.1, 0.15) is 38.7 Å². The third-order valence-electron chi connectivity index (χ3n) is 5.82. The fourth-order valence-corrected chi connectivity index (χ4v) is 3.94. The summed E-state index contributed by atoms with van der Waals surface area (Å²) in [5.74, 6) is -6.43. The summed E-state index contributed by atoms with van der Waals surface area (Å²) < 4.78 is 0. The number of hydrogen-bond acceptors (Lipinski definition) is 7. The molecule has 0 saturated carbocycles. The lowest BCUT2D eigenvalue weighted by molar-refractivity contribution is -0.142. The van der Waals surface area contributed by atoms with E-state index in [9.17, 15) is 33.9 Å². The summed E-state index contributed by atoms with van der Waals surface area (Å²) in [6.45, 7) is 3.56. The van der Waals surface area contributed by atoms with Crippen molar-refractivity contribution >= 4 is 46.5 Å². The van der Waals surface area contributed by atoms with Gasteiger partial charge in [-0.2, -0.15) is 0 Å². The summed E-state index contributed by atoms with van der Waals surface area (Å²) in [6.07, 6.45) is 0.363. The molecule has 0 spiro atoms. The summed E-state index contributed by atoms with van der Waals surface area (Å²) in [5, 5.41) is 26.5. The number of benzene rings is 1. The lowest BCUT2D eigenvalue weighted by Crippen LogP contribution is -2.58. The van der Waals surface area contributed by atoms with Gasteiger partial charge in [0.15, 0.2) is 0 Å². The Balaban J connectivity index is 2.19. The highest BCUT2D eigenvalue weighted by atomic mass is 16.4. The Morgan fingerprint density at radius 2 is 1.46 bits per heavy atom. The van der Waals surface area contributed by atoms with Gasteiger partial charge < -0.3 is 42.6 Å². The van der Waals surface area contributed by atoms with Gasteiger partial charge in [-0.25, -0.2) is 4.79 Å². The van der Waals surface area contributed by atoms with Crippen molar-refractivity contribution in [3.05, 3.63) is 36.0 Å². The van der Waals surface area contributed by atoms with Gasteiger partial charge in [-0.15, -0.1) is 0 Å². The molecule has 4 amide bonds. The average Bonchev–Trinajstić information content (AvgIpc) is 3.24. The Morgan fingerprint density at radius 3 is 2.05 bits per heavy atom. The van der Waals surface area contributed by atoms with Crippen LogP contribution in [-0.2, 0) is 35.2 Å². The molecule has 0 aliphatic rings. The zero-order valence-electron chi connectivity index (χ0n) is 21.6. The molecule has 14 nitrogen and oxygen atoms in total. The van der Waals surface area contributed by atoms with E-state index in [-0.39, 0.29) is 18.8 Å². The average molecular weight is 547 g/mol. The van der Waals surface area contributed by atoms with Crippen LogP contribution in [0.25, 0.3) is 10.9 Å². The van der Waals surface area contributed by atoms with E-state index in [0.29, 0.717) is 5.56 Å². The minimum Gasteiger partial charge on any atom is -0.481 e. The maximum atomic E-state index is 13.2. The van der Waals surface area contributed by atoms with Gasteiger partial charge in [0.25, 0.3) is 0 Å². The molecule has 1 aromatic heterocycles. The molecule has 14 heteroatoms. The van der Waals surface area contributed by atoms with Gasteiger partial charge in [0, 0.05) is 23.5 Å². The number of carboxylic acids is 2.